The predicted molar refractivity (Wildman–Crippen MR) is 68.7 cm³/mol. The molecular weight excluding hydrogens is 236 g/mol. The molecule has 0 atom stereocenters. The molecule has 84 valence electrons. The minimum atomic E-state index is 0.170. The molecule has 0 radical (unpaired) electrons. The molecule has 3 aromatic rings. The first-order valence-corrected chi connectivity index (χ1v) is 5.49. The molecule has 2 aromatic heterocycles. The Bertz CT molecular complexity index is 676. The van der Waals surface area contributed by atoms with E-state index in [4.69, 9.17) is 17.3 Å². The summed E-state index contributed by atoms with van der Waals surface area (Å²) in [6.45, 7) is 0. The third-order valence-corrected chi connectivity index (χ3v) is 2.86. The van der Waals surface area contributed by atoms with Gasteiger partial charge in [0, 0.05) is 11.8 Å². The van der Waals surface area contributed by atoms with Crippen molar-refractivity contribution >= 4 is 28.6 Å². The zero-order valence-electron chi connectivity index (χ0n) is 8.81. The standard InChI is InChI=1S/C12H9ClN4/c13-10-9-8(7-4-2-1-3-5-7)6-15-11(9)17-12(14)16-10/h1-6H,(H3,14,15,16,17). The van der Waals surface area contributed by atoms with Gasteiger partial charge in [0.15, 0.2) is 0 Å². The molecular formula is C12H9ClN4. The van der Waals surface area contributed by atoms with Crippen molar-refractivity contribution in [2.24, 2.45) is 0 Å². The van der Waals surface area contributed by atoms with Gasteiger partial charge in [-0.05, 0) is 5.56 Å². The molecule has 0 fully saturated rings. The van der Waals surface area contributed by atoms with E-state index in [1.165, 1.54) is 0 Å². The van der Waals surface area contributed by atoms with Crippen LogP contribution in [0.15, 0.2) is 36.5 Å². The maximum atomic E-state index is 6.11. The number of nitrogens with one attached hydrogen (secondary N) is 1. The summed E-state index contributed by atoms with van der Waals surface area (Å²) in [6.07, 6.45) is 1.86. The molecule has 3 rings (SSSR count). The number of hydrogen-bond donors (Lipinski definition) is 2. The molecule has 5 heteroatoms. The number of nitrogen functional groups attached to an aromatic ring is 1. The van der Waals surface area contributed by atoms with Crippen LogP contribution in [0.5, 0.6) is 0 Å². The van der Waals surface area contributed by atoms with Crippen LogP contribution in [0.1, 0.15) is 0 Å². The zero-order chi connectivity index (χ0) is 11.8. The van der Waals surface area contributed by atoms with Gasteiger partial charge in [0.2, 0.25) is 5.95 Å². The van der Waals surface area contributed by atoms with E-state index in [1.807, 2.05) is 36.5 Å². The first kappa shape index (κ1) is 10.1. The van der Waals surface area contributed by atoms with E-state index >= 15 is 0 Å². The Labute approximate surface area is 102 Å². The summed E-state index contributed by atoms with van der Waals surface area (Å²) in [7, 11) is 0. The fraction of sp³-hybridized carbons (Fsp3) is 0. The van der Waals surface area contributed by atoms with Gasteiger partial charge in [-0.1, -0.05) is 41.9 Å². The molecule has 0 spiro atoms. The number of aromatic amines is 1. The van der Waals surface area contributed by atoms with Crippen molar-refractivity contribution in [3.05, 3.63) is 41.7 Å². The van der Waals surface area contributed by atoms with E-state index in [0.29, 0.717) is 10.8 Å². The van der Waals surface area contributed by atoms with Crippen LogP contribution in [0.2, 0.25) is 5.15 Å². The average Bonchev–Trinajstić information content (AvgIpc) is 2.74. The van der Waals surface area contributed by atoms with Crippen molar-refractivity contribution in [1.82, 2.24) is 15.0 Å². The normalized spacial score (nSPS) is 10.9. The number of nitrogens with zero attached hydrogens (tertiary/aromatic N) is 2. The molecule has 3 N–H and O–H groups in total. The molecule has 0 unspecified atom stereocenters. The molecule has 4 nitrogen and oxygen atoms in total. The van der Waals surface area contributed by atoms with Crippen LogP contribution in [0.25, 0.3) is 22.2 Å². The summed E-state index contributed by atoms with van der Waals surface area (Å²) in [5, 5.41) is 1.17. The molecule has 17 heavy (non-hydrogen) atoms. The Morgan fingerprint density at radius 2 is 1.88 bits per heavy atom. The summed E-state index contributed by atoms with van der Waals surface area (Å²) in [6, 6.07) is 9.93. The lowest BCUT2D eigenvalue weighted by atomic mass is 10.1. The molecule has 0 amide bonds. The van der Waals surface area contributed by atoms with Crippen molar-refractivity contribution in [1.29, 1.82) is 0 Å². The van der Waals surface area contributed by atoms with Gasteiger partial charge in [-0.2, -0.15) is 4.98 Å². The summed E-state index contributed by atoms with van der Waals surface area (Å²) >= 11 is 6.11. The molecule has 0 aliphatic rings. The topological polar surface area (TPSA) is 67.6 Å². The van der Waals surface area contributed by atoms with Crippen LogP contribution < -0.4 is 5.73 Å². The van der Waals surface area contributed by atoms with Gasteiger partial charge in [0.1, 0.15) is 10.8 Å². The van der Waals surface area contributed by atoms with Crippen LogP contribution in [-0.2, 0) is 0 Å². The summed E-state index contributed by atoms with van der Waals surface area (Å²) < 4.78 is 0. The number of anilines is 1. The van der Waals surface area contributed by atoms with E-state index in [0.717, 1.165) is 16.5 Å². The molecule has 1 aromatic carbocycles. The van der Waals surface area contributed by atoms with Crippen molar-refractivity contribution in [2.45, 2.75) is 0 Å². The first-order valence-electron chi connectivity index (χ1n) is 5.11. The Morgan fingerprint density at radius 3 is 2.65 bits per heavy atom. The Morgan fingerprint density at radius 1 is 1.12 bits per heavy atom. The van der Waals surface area contributed by atoms with E-state index in [-0.39, 0.29) is 5.95 Å². The van der Waals surface area contributed by atoms with Gasteiger partial charge in [-0.25, -0.2) is 4.98 Å². The molecule has 0 aliphatic heterocycles. The van der Waals surface area contributed by atoms with Crippen LogP contribution in [0, 0.1) is 0 Å². The lowest BCUT2D eigenvalue weighted by molar-refractivity contribution is 1.22. The van der Waals surface area contributed by atoms with E-state index in [2.05, 4.69) is 15.0 Å². The van der Waals surface area contributed by atoms with Crippen LogP contribution in [0.3, 0.4) is 0 Å². The number of nitrogens with two attached hydrogens (primary N) is 1. The van der Waals surface area contributed by atoms with E-state index < -0.39 is 0 Å². The van der Waals surface area contributed by atoms with Crippen molar-refractivity contribution in [3.8, 4) is 11.1 Å². The lowest BCUT2D eigenvalue weighted by Gasteiger charge is -2.00. The monoisotopic (exact) mass is 244 g/mol. The second-order valence-electron chi connectivity index (χ2n) is 3.66. The van der Waals surface area contributed by atoms with Crippen LogP contribution >= 0.6 is 11.6 Å². The minimum absolute atomic E-state index is 0.170. The minimum Gasteiger partial charge on any atom is -0.368 e. The Balaban J connectivity index is 2.32. The third-order valence-electron chi connectivity index (χ3n) is 2.59. The van der Waals surface area contributed by atoms with Gasteiger partial charge in [-0.15, -0.1) is 0 Å². The smallest absolute Gasteiger partial charge is 0.223 e. The average molecular weight is 245 g/mol. The molecule has 0 saturated carbocycles. The van der Waals surface area contributed by atoms with Crippen molar-refractivity contribution in [3.63, 3.8) is 0 Å². The second-order valence-corrected chi connectivity index (χ2v) is 4.02. The number of rotatable bonds is 1. The highest BCUT2D eigenvalue weighted by Crippen LogP contribution is 2.32. The molecule has 0 aliphatic carbocycles. The van der Waals surface area contributed by atoms with Crippen molar-refractivity contribution in [2.75, 3.05) is 5.73 Å². The fourth-order valence-electron chi connectivity index (χ4n) is 1.85. The van der Waals surface area contributed by atoms with Gasteiger partial charge in [0.25, 0.3) is 0 Å². The number of fused-ring (bicyclic) bond motifs is 1. The maximum absolute atomic E-state index is 6.11. The summed E-state index contributed by atoms with van der Waals surface area (Å²) in [4.78, 5) is 11.1. The zero-order valence-corrected chi connectivity index (χ0v) is 9.57. The maximum Gasteiger partial charge on any atom is 0.223 e. The van der Waals surface area contributed by atoms with Crippen LogP contribution in [0.4, 0.5) is 5.95 Å². The fourth-order valence-corrected chi connectivity index (χ4v) is 2.13. The number of hydrogen-bond acceptors (Lipinski definition) is 3. The quantitative estimate of drug-likeness (QED) is 0.647. The van der Waals surface area contributed by atoms with Gasteiger partial charge >= 0.3 is 0 Å². The highest BCUT2D eigenvalue weighted by molar-refractivity contribution is 6.35. The second kappa shape index (κ2) is 3.75. The third kappa shape index (κ3) is 1.62. The van der Waals surface area contributed by atoms with Crippen molar-refractivity contribution < 1.29 is 0 Å². The number of aromatic nitrogens is 3. The Kier molecular flexibility index (Phi) is 2.23. The lowest BCUT2D eigenvalue weighted by Crippen LogP contribution is -1.95. The predicted octanol–water partition coefficient (Wildman–Crippen LogP) is 2.86. The van der Waals surface area contributed by atoms with E-state index in [1.54, 1.807) is 0 Å². The Hall–Kier alpha value is -2.07. The van der Waals surface area contributed by atoms with Gasteiger partial charge < -0.3 is 10.7 Å². The number of H-pyrrole nitrogens is 1. The molecule has 2 heterocycles. The number of benzene rings is 1. The highest BCUT2D eigenvalue weighted by Gasteiger charge is 2.12. The largest absolute Gasteiger partial charge is 0.368 e. The van der Waals surface area contributed by atoms with Gasteiger partial charge in [-0.3, -0.25) is 0 Å². The number of halogens is 1. The highest BCUT2D eigenvalue weighted by atomic mass is 35.5. The molecule has 0 saturated heterocycles. The van der Waals surface area contributed by atoms with Crippen LogP contribution in [-0.4, -0.2) is 15.0 Å². The van der Waals surface area contributed by atoms with E-state index in [9.17, 15) is 0 Å². The molecule has 0 bridgehead atoms. The summed E-state index contributed by atoms with van der Waals surface area (Å²) in [5.74, 6) is 0.170. The van der Waals surface area contributed by atoms with Gasteiger partial charge in [0.05, 0.1) is 5.39 Å². The SMILES string of the molecule is Nc1nc(Cl)c2c(-c3ccccc3)c[nH]c2n1. The summed E-state index contributed by atoms with van der Waals surface area (Å²) in [5.41, 5.74) is 8.24. The first-order chi connectivity index (χ1) is 8.25.